The average molecular weight is 255 g/mol. The van der Waals surface area contributed by atoms with E-state index in [0.717, 1.165) is 25.7 Å². The molecule has 0 amide bonds. The number of rotatable bonds is 5. The molecule has 0 aromatic carbocycles. The van der Waals surface area contributed by atoms with Gasteiger partial charge in [0.2, 0.25) is 10.0 Å². The summed E-state index contributed by atoms with van der Waals surface area (Å²) in [5.74, 6) is 0.509. The molecule has 1 rings (SSSR count). The molecular weight excluding hydrogens is 236 g/mol. The van der Waals surface area contributed by atoms with E-state index >= 15 is 0 Å². The minimum absolute atomic E-state index is 0.0742. The zero-order valence-corrected chi connectivity index (χ0v) is 10.4. The Bertz CT molecular complexity index is 274. The van der Waals surface area contributed by atoms with Crippen LogP contribution in [0.1, 0.15) is 32.1 Å². The van der Waals surface area contributed by atoms with Crippen LogP contribution in [0.2, 0.25) is 0 Å². The van der Waals surface area contributed by atoms with Crippen molar-refractivity contribution in [1.29, 1.82) is 0 Å². The number of hydrogen-bond donors (Lipinski definition) is 2. The van der Waals surface area contributed by atoms with Crippen molar-refractivity contribution in [3.8, 4) is 0 Å². The molecule has 15 heavy (non-hydrogen) atoms. The molecule has 0 aromatic rings. The van der Waals surface area contributed by atoms with Crippen LogP contribution in [-0.4, -0.2) is 32.1 Å². The predicted molar refractivity (Wildman–Crippen MR) is 62.5 cm³/mol. The van der Waals surface area contributed by atoms with E-state index in [2.05, 4.69) is 4.72 Å². The number of sulfonamides is 1. The molecule has 0 spiro atoms. The van der Waals surface area contributed by atoms with Crippen LogP contribution in [0.25, 0.3) is 0 Å². The second-order valence-corrected chi connectivity index (χ2v) is 6.34. The summed E-state index contributed by atoms with van der Waals surface area (Å²) in [6.45, 7) is 0. The van der Waals surface area contributed by atoms with Gasteiger partial charge in [-0.3, -0.25) is 0 Å². The van der Waals surface area contributed by atoms with E-state index in [-0.39, 0.29) is 17.8 Å². The molecule has 1 aliphatic rings. The highest BCUT2D eigenvalue weighted by atomic mass is 35.5. The third kappa shape index (κ3) is 5.15. The molecule has 0 atom stereocenters. The maximum Gasteiger partial charge on any atom is 0.211 e. The van der Waals surface area contributed by atoms with Crippen LogP contribution in [0.4, 0.5) is 0 Å². The summed E-state index contributed by atoms with van der Waals surface area (Å²) >= 11 is 5.46. The van der Waals surface area contributed by atoms with E-state index in [1.807, 2.05) is 0 Å². The first-order valence-corrected chi connectivity index (χ1v) is 7.54. The summed E-state index contributed by atoms with van der Waals surface area (Å²) in [7, 11) is -3.14. The maximum atomic E-state index is 11.5. The van der Waals surface area contributed by atoms with Crippen LogP contribution >= 0.6 is 11.6 Å². The van der Waals surface area contributed by atoms with Gasteiger partial charge < -0.3 is 5.73 Å². The first kappa shape index (κ1) is 13.2. The van der Waals surface area contributed by atoms with E-state index in [4.69, 9.17) is 17.3 Å². The Morgan fingerprint density at radius 1 is 1.27 bits per heavy atom. The number of hydrogen-bond acceptors (Lipinski definition) is 3. The number of nitrogens with one attached hydrogen (secondary N) is 1. The fourth-order valence-electron chi connectivity index (χ4n) is 1.79. The zero-order valence-electron chi connectivity index (χ0n) is 8.78. The van der Waals surface area contributed by atoms with Gasteiger partial charge in [0, 0.05) is 18.0 Å². The van der Waals surface area contributed by atoms with Crippen LogP contribution in [0, 0.1) is 0 Å². The Labute approximate surface area is 96.6 Å². The van der Waals surface area contributed by atoms with Crippen LogP contribution in [0.3, 0.4) is 0 Å². The molecule has 0 bridgehead atoms. The van der Waals surface area contributed by atoms with Crippen LogP contribution < -0.4 is 10.5 Å². The molecule has 0 unspecified atom stereocenters. The lowest BCUT2D eigenvalue weighted by atomic mass is 9.93. The van der Waals surface area contributed by atoms with Crippen molar-refractivity contribution in [3.05, 3.63) is 0 Å². The van der Waals surface area contributed by atoms with Gasteiger partial charge in [-0.2, -0.15) is 0 Å². The molecule has 6 heteroatoms. The Morgan fingerprint density at radius 3 is 2.40 bits per heavy atom. The fraction of sp³-hybridized carbons (Fsp3) is 1.00. The van der Waals surface area contributed by atoms with Crippen LogP contribution in [-0.2, 0) is 10.0 Å². The second-order valence-electron chi connectivity index (χ2n) is 4.09. The van der Waals surface area contributed by atoms with Crippen molar-refractivity contribution >= 4 is 21.6 Å². The normalized spacial score (nSPS) is 27.9. The van der Waals surface area contributed by atoms with E-state index in [0.29, 0.717) is 12.3 Å². The number of halogens is 1. The maximum absolute atomic E-state index is 11.5. The first-order chi connectivity index (χ1) is 7.03. The molecule has 0 saturated heterocycles. The fourth-order valence-corrected chi connectivity index (χ4v) is 3.47. The Hall–Kier alpha value is 0.160. The SMILES string of the molecule is NC1CCC(NS(=O)(=O)CCCCl)CC1. The largest absolute Gasteiger partial charge is 0.328 e. The van der Waals surface area contributed by atoms with Crippen molar-refractivity contribution in [3.63, 3.8) is 0 Å². The molecule has 0 aliphatic heterocycles. The van der Waals surface area contributed by atoms with Gasteiger partial charge in [-0.25, -0.2) is 13.1 Å². The van der Waals surface area contributed by atoms with Crippen molar-refractivity contribution < 1.29 is 8.42 Å². The molecule has 3 N–H and O–H groups in total. The van der Waals surface area contributed by atoms with Gasteiger partial charge in [-0.05, 0) is 32.1 Å². The third-order valence-corrected chi connectivity index (χ3v) is 4.45. The highest BCUT2D eigenvalue weighted by Crippen LogP contribution is 2.17. The predicted octanol–water partition coefficient (Wildman–Crippen LogP) is 0.805. The molecule has 4 nitrogen and oxygen atoms in total. The minimum atomic E-state index is -3.14. The second kappa shape index (κ2) is 6.03. The molecular formula is C9H19ClN2O2S. The molecule has 1 fully saturated rings. The highest BCUT2D eigenvalue weighted by Gasteiger charge is 2.22. The van der Waals surface area contributed by atoms with Gasteiger partial charge in [0.25, 0.3) is 0 Å². The summed E-state index contributed by atoms with van der Waals surface area (Å²) < 4.78 is 25.8. The lowest BCUT2D eigenvalue weighted by Crippen LogP contribution is -2.41. The summed E-state index contributed by atoms with van der Waals surface area (Å²) in [6.07, 6.45) is 4.01. The smallest absolute Gasteiger partial charge is 0.211 e. The Kier molecular flexibility index (Phi) is 5.32. The lowest BCUT2D eigenvalue weighted by molar-refractivity contribution is 0.373. The van der Waals surface area contributed by atoms with Crippen molar-refractivity contribution in [2.45, 2.75) is 44.2 Å². The quantitative estimate of drug-likeness (QED) is 0.713. The van der Waals surface area contributed by atoms with Crippen molar-refractivity contribution in [2.24, 2.45) is 5.73 Å². The molecule has 0 radical (unpaired) electrons. The summed E-state index contributed by atoms with van der Waals surface area (Å²) in [6, 6.07) is 0.318. The monoisotopic (exact) mass is 254 g/mol. The van der Waals surface area contributed by atoms with Crippen molar-refractivity contribution in [2.75, 3.05) is 11.6 Å². The van der Waals surface area contributed by atoms with Gasteiger partial charge in [-0.1, -0.05) is 0 Å². The highest BCUT2D eigenvalue weighted by molar-refractivity contribution is 7.89. The van der Waals surface area contributed by atoms with Gasteiger partial charge >= 0.3 is 0 Å². The average Bonchev–Trinajstić information content (AvgIpc) is 2.18. The van der Waals surface area contributed by atoms with Gasteiger partial charge in [0.1, 0.15) is 0 Å². The van der Waals surface area contributed by atoms with Crippen LogP contribution in [0.5, 0.6) is 0 Å². The Morgan fingerprint density at radius 2 is 1.87 bits per heavy atom. The standard InChI is InChI=1S/C9H19ClN2O2S/c10-6-1-7-15(13,14)12-9-4-2-8(11)3-5-9/h8-9,12H,1-7,11H2. The lowest BCUT2D eigenvalue weighted by Gasteiger charge is -2.26. The molecule has 0 heterocycles. The number of alkyl halides is 1. The molecule has 1 aliphatic carbocycles. The topological polar surface area (TPSA) is 72.2 Å². The van der Waals surface area contributed by atoms with E-state index in [9.17, 15) is 8.42 Å². The third-order valence-electron chi connectivity index (χ3n) is 2.66. The first-order valence-electron chi connectivity index (χ1n) is 5.35. The molecule has 90 valence electrons. The van der Waals surface area contributed by atoms with E-state index in [1.54, 1.807) is 0 Å². The van der Waals surface area contributed by atoms with Gasteiger partial charge in [0.05, 0.1) is 5.75 Å². The summed E-state index contributed by atoms with van der Waals surface area (Å²) in [5, 5.41) is 0. The van der Waals surface area contributed by atoms with Gasteiger partial charge in [0.15, 0.2) is 0 Å². The van der Waals surface area contributed by atoms with Gasteiger partial charge in [-0.15, -0.1) is 11.6 Å². The minimum Gasteiger partial charge on any atom is -0.328 e. The van der Waals surface area contributed by atoms with Crippen molar-refractivity contribution in [1.82, 2.24) is 4.72 Å². The molecule has 1 saturated carbocycles. The van der Waals surface area contributed by atoms with E-state index < -0.39 is 10.0 Å². The molecule has 0 aromatic heterocycles. The zero-order chi connectivity index (χ0) is 11.3. The summed E-state index contributed by atoms with van der Waals surface area (Å²) in [5.41, 5.74) is 5.75. The van der Waals surface area contributed by atoms with Crippen LogP contribution in [0.15, 0.2) is 0 Å². The Balaban J connectivity index is 2.34. The number of nitrogens with two attached hydrogens (primary N) is 1. The summed E-state index contributed by atoms with van der Waals surface area (Å²) in [4.78, 5) is 0. The van der Waals surface area contributed by atoms with E-state index in [1.165, 1.54) is 0 Å².